The lowest BCUT2D eigenvalue weighted by Crippen LogP contribution is -2.50. The monoisotopic (exact) mass is 328 g/mol. The normalized spacial score (nSPS) is 37.3. The molecule has 1 fully saturated rings. The Morgan fingerprint density at radius 1 is 1.25 bits per heavy atom. The molecule has 136 valence electrons. The lowest BCUT2D eigenvalue weighted by Gasteiger charge is -2.59. The Morgan fingerprint density at radius 3 is 2.54 bits per heavy atom. The van der Waals surface area contributed by atoms with Gasteiger partial charge in [0, 0.05) is 0 Å². The van der Waals surface area contributed by atoms with Crippen LogP contribution in [-0.2, 0) is 0 Å². The fourth-order valence-electron chi connectivity index (χ4n) is 6.37. The average Bonchev–Trinajstić information content (AvgIpc) is 2.53. The average molecular weight is 329 g/mol. The number of rotatable bonds is 6. The predicted octanol–water partition coefficient (Wildman–Crippen LogP) is 7.87. The number of fused-ring (bicyclic) bond motifs is 1. The lowest BCUT2D eigenvalue weighted by molar-refractivity contribution is -0.0364. The highest BCUT2D eigenvalue weighted by atomic mass is 14.6. The van der Waals surface area contributed by atoms with Crippen LogP contribution in [0.25, 0.3) is 0 Å². The Labute approximate surface area is 151 Å². The minimum atomic E-state index is 0.386. The molecule has 2 rings (SSSR count). The van der Waals surface area contributed by atoms with Crippen LogP contribution in [0.1, 0.15) is 92.9 Å². The van der Waals surface area contributed by atoms with Gasteiger partial charge in [-0.1, -0.05) is 77.3 Å². The van der Waals surface area contributed by atoms with Crippen molar-refractivity contribution in [2.24, 2.45) is 22.7 Å². The van der Waals surface area contributed by atoms with Crippen LogP contribution in [0.4, 0.5) is 0 Å². The topological polar surface area (TPSA) is 0 Å². The molecule has 0 radical (unpaired) electrons. The molecule has 0 amide bonds. The summed E-state index contributed by atoms with van der Waals surface area (Å²) in [5, 5.41) is 0. The minimum Gasteiger partial charge on any atom is -0.0988 e. The predicted molar refractivity (Wildman–Crippen MR) is 108 cm³/mol. The first-order valence-electron chi connectivity index (χ1n) is 10.3. The minimum absolute atomic E-state index is 0.386. The van der Waals surface area contributed by atoms with E-state index in [0.29, 0.717) is 10.8 Å². The fourth-order valence-corrected chi connectivity index (χ4v) is 6.37. The number of hydrogen-bond donors (Lipinski definition) is 0. The maximum atomic E-state index is 4.19. The second-order valence-electron chi connectivity index (χ2n) is 9.10. The molecule has 0 N–H and O–H groups in total. The molecule has 4 atom stereocenters. The highest BCUT2D eigenvalue weighted by Gasteiger charge is 2.53. The first kappa shape index (κ1) is 19.5. The second kappa shape index (κ2) is 7.63. The molecule has 24 heavy (non-hydrogen) atoms. The third kappa shape index (κ3) is 3.44. The van der Waals surface area contributed by atoms with E-state index in [1.165, 1.54) is 44.9 Å². The Hall–Kier alpha value is -0.780. The molecule has 0 aromatic rings. The van der Waals surface area contributed by atoms with Crippen molar-refractivity contribution in [3.05, 3.63) is 35.5 Å². The van der Waals surface area contributed by atoms with Crippen molar-refractivity contribution < 1.29 is 0 Å². The molecule has 0 bridgehead atoms. The van der Waals surface area contributed by atoms with Crippen LogP contribution in [0, 0.1) is 22.7 Å². The molecule has 0 saturated heterocycles. The van der Waals surface area contributed by atoms with Crippen LogP contribution in [0.5, 0.6) is 0 Å². The second-order valence-corrected chi connectivity index (χ2v) is 9.10. The molecule has 0 aromatic heterocycles. The number of allylic oxidation sites excluding steroid dienone is 5. The Bertz CT molecular complexity index is 520. The van der Waals surface area contributed by atoms with Gasteiger partial charge in [-0.05, 0) is 73.7 Å². The van der Waals surface area contributed by atoms with Crippen LogP contribution < -0.4 is 0 Å². The van der Waals surface area contributed by atoms with Crippen molar-refractivity contribution in [2.45, 2.75) is 92.9 Å². The fraction of sp³-hybridized carbons (Fsp3) is 0.750. The van der Waals surface area contributed by atoms with E-state index in [9.17, 15) is 0 Å². The summed E-state index contributed by atoms with van der Waals surface area (Å²) in [6, 6.07) is 0. The summed E-state index contributed by atoms with van der Waals surface area (Å²) in [6.45, 7) is 18.8. The van der Waals surface area contributed by atoms with E-state index in [2.05, 4.69) is 60.3 Å². The molecule has 4 unspecified atom stereocenters. The molecule has 2 aliphatic carbocycles. The van der Waals surface area contributed by atoms with Crippen LogP contribution in [0.15, 0.2) is 35.5 Å². The zero-order valence-electron chi connectivity index (χ0n) is 17.2. The van der Waals surface area contributed by atoms with E-state index in [-0.39, 0.29) is 0 Å². The zero-order valence-corrected chi connectivity index (χ0v) is 17.2. The van der Waals surface area contributed by atoms with E-state index in [4.69, 9.17) is 0 Å². The van der Waals surface area contributed by atoms with Gasteiger partial charge in [0.15, 0.2) is 0 Å². The van der Waals surface area contributed by atoms with Gasteiger partial charge in [-0.15, -0.1) is 0 Å². The van der Waals surface area contributed by atoms with Crippen molar-refractivity contribution >= 4 is 0 Å². The molecule has 0 aromatic carbocycles. The van der Waals surface area contributed by atoms with Crippen LogP contribution in [-0.4, -0.2) is 0 Å². The van der Waals surface area contributed by atoms with Gasteiger partial charge in [0.2, 0.25) is 0 Å². The molecule has 0 heterocycles. The van der Waals surface area contributed by atoms with Gasteiger partial charge in [-0.2, -0.15) is 0 Å². The van der Waals surface area contributed by atoms with Gasteiger partial charge < -0.3 is 0 Å². The Kier molecular flexibility index (Phi) is 6.21. The smallest absolute Gasteiger partial charge is 0.00744 e. The third-order valence-corrected chi connectivity index (χ3v) is 7.45. The quantitative estimate of drug-likeness (QED) is 0.435. The van der Waals surface area contributed by atoms with Crippen LogP contribution in [0.2, 0.25) is 0 Å². The SMILES string of the molecule is C=CC1=C(CC/C(C)=C\CC)C2(C)CCCC(C)(CC)C2C(C)C1. The molecule has 1 saturated carbocycles. The van der Waals surface area contributed by atoms with Crippen molar-refractivity contribution in [3.8, 4) is 0 Å². The van der Waals surface area contributed by atoms with E-state index in [0.717, 1.165) is 18.3 Å². The summed E-state index contributed by atoms with van der Waals surface area (Å²) >= 11 is 0. The summed E-state index contributed by atoms with van der Waals surface area (Å²) in [6.07, 6.45) is 14.9. The summed E-state index contributed by atoms with van der Waals surface area (Å²) in [5.41, 5.74) is 5.78. The van der Waals surface area contributed by atoms with E-state index in [1.807, 2.05) is 0 Å². The van der Waals surface area contributed by atoms with Crippen LogP contribution >= 0.6 is 0 Å². The molecule has 0 nitrogen and oxygen atoms in total. The summed E-state index contributed by atoms with van der Waals surface area (Å²) in [5.74, 6) is 1.61. The van der Waals surface area contributed by atoms with Gasteiger partial charge in [0.1, 0.15) is 0 Å². The standard InChI is InChI=1S/C24H40/c1-8-12-18(4)13-14-21-20(9-2)17-19(5)22-23(6,10-3)15-11-16-24(21,22)7/h9,12,19,22H,2,8,10-11,13-17H2,1,3-7H3/b18-12-. The van der Waals surface area contributed by atoms with Crippen molar-refractivity contribution in [2.75, 3.05) is 0 Å². The highest BCUT2D eigenvalue weighted by molar-refractivity contribution is 5.35. The molecule has 2 aliphatic rings. The van der Waals surface area contributed by atoms with Gasteiger partial charge in [-0.3, -0.25) is 0 Å². The Balaban J connectivity index is 2.41. The van der Waals surface area contributed by atoms with Gasteiger partial charge >= 0.3 is 0 Å². The van der Waals surface area contributed by atoms with E-state index in [1.54, 1.807) is 16.7 Å². The van der Waals surface area contributed by atoms with E-state index >= 15 is 0 Å². The number of hydrogen-bond acceptors (Lipinski definition) is 0. The summed E-state index contributed by atoms with van der Waals surface area (Å²) in [4.78, 5) is 0. The first-order valence-corrected chi connectivity index (χ1v) is 10.3. The van der Waals surface area contributed by atoms with E-state index < -0.39 is 0 Å². The third-order valence-electron chi connectivity index (χ3n) is 7.45. The van der Waals surface area contributed by atoms with Crippen molar-refractivity contribution in [3.63, 3.8) is 0 Å². The molecule has 0 heteroatoms. The molecular weight excluding hydrogens is 288 g/mol. The van der Waals surface area contributed by atoms with Crippen molar-refractivity contribution in [1.82, 2.24) is 0 Å². The molecule has 0 aliphatic heterocycles. The summed E-state index contributed by atoms with van der Waals surface area (Å²) < 4.78 is 0. The molecule has 0 spiro atoms. The van der Waals surface area contributed by atoms with Crippen LogP contribution in [0.3, 0.4) is 0 Å². The van der Waals surface area contributed by atoms with Gasteiger partial charge in [-0.25, -0.2) is 0 Å². The first-order chi connectivity index (χ1) is 11.3. The van der Waals surface area contributed by atoms with Crippen molar-refractivity contribution in [1.29, 1.82) is 0 Å². The zero-order chi connectivity index (χ0) is 18.0. The maximum Gasteiger partial charge on any atom is -0.00744 e. The van der Waals surface area contributed by atoms with Gasteiger partial charge in [0.05, 0.1) is 0 Å². The lowest BCUT2D eigenvalue weighted by atomic mass is 9.46. The Morgan fingerprint density at radius 2 is 1.96 bits per heavy atom. The van der Waals surface area contributed by atoms with Gasteiger partial charge in [0.25, 0.3) is 0 Å². The summed E-state index contributed by atoms with van der Waals surface area (Å²) in [7, 11) is 0. The highest BCUT2D eigenvalue weighted by Crippen LogP contribution is 2.63. The maximum absolute atomic E-state index is 4.19. The largest absolute Gasteiger partial charge is 0.0988 e. The molecular formula is C24H40.